The van der Waals surface area contributed by atoms with Gasteiger partial charge in [0.1, 0.15) is 11.5 Å². The van der Waals surface area contributed by atoms with Crippen LogP contribution in [0.1, 0.15) is 12.0 Å². The summed E-state index contributed by atoms with van der Waals surface area (Å²) >= 11 is 0. The van der Waals surface area contributed by atoms with E-state index in [1.54, 1.807) is 0 Å². The minimum Gasteiger partial charge on any atom is -0.493 e. The van der Waals surface area contributed by atoms with Gasteiger partial charge >= 0.3 is 0 Å². The van der Waals surface area contributed by atoms with Crippen molar-refractivity contribution in [2.45, 2.75) is 13.3 Å². The predicted octanol–water partition coefficient (Wildman–Crippen LogP) is 3.21. The lowest BCUT2D eigenvalue weighted by atomic mass is 10.2. The molecule has 0 bridgehead atoms. The topological polar surface area (TPSA) is 56.5 Å². The molecule has 0 spiro atoms. The summed E-state index contributed by atoms with van der Waals surface area (Å²) in [6, 6.07) is 16.0. The largest absolute Gasteiger partial charge is 0.493 e. The van der Waals surface area contributed by atoms with Crippen LogP contribution in [0.25, 0.3) is 0 Å². The second kappa shape index (κ2) is 8.95. The summed E-state index contributed by atoms with van der Waals surface area (Å²) in [6.07, 6.45) is 0.848. The highest BCUT2D eigenvalue weighted by molar-refractivity contribution is 5.46. The SMILES string of the molecule is Cc1ccc(OCCCOc2ccc(NCCN)cc2)cc1. The number of rotatable bonds is 9. The van der Waals surface area contributed by atoms with Gasteiger partial charge < -0.3 is 20.5 Å². The Balaban J connectivity index is 1.63. The van der Waals surface area contributed by atoms with Crippen molar-refractivity contribution in [3.63, 3.8) is 0 Å². The van der Waals surface area contributed by atoms with Crippen LogP contribution in [-0.2, 0) is 0 Å². The van der Waals surface area contributed by atoms with Gasteiger partial charge in [0, 0.05) is 25.2 Å². The van der Waals surface area contributed by atoms with Crippen molar-refractivity contribution in [2.75, 3.05) is 31.6 Å². The second-order valence-corrected chi connectivity index (χ2v) is 5.10. The molecule has 0 unspecified atom stereocenters. The third-order valence-corrected chi connectivity index (χ3v) is 3.17. The van der Waals surface area contributed by atoms with Crippen molar-refractivity contribution in [3.8, 4) is 11.5 Å². The molecule has 0 aliphatic carbocycles. The fraction of sp³-hybridized carbons (Fsp3) is 0.333. The van der Waals surface area contributed by atoms with E-state index in [4.69, 9.17) is 15.2 Å². The summed E-state index contributed by atoms with van der Waals surface area (Å²) in [4.78, 5) is 0. The van der Waals surface area contributed by atoms with E-state index in [-0.39, 0.29) is 0 Å². The molecule has 0 heterocycles. The molecule has 2 aromatic rings. The summed E-state index contributed by atoms with van der Waals surface area (Å²) in [7, 11) is 0. The van der Waals surface area contributed by atoms with Crippen molar-refractivity contribution in [2.24, 2.45) is 5.73 Å². The maximum absolute atomic E-state index is 5.69. The van der Waals surface area contributed by atoms with Gasteiger partial charge in [-0.2, -0.15) is 0 Å². The van der Waals surface area contributed by atoms with Crippen molar-refractivity contribution < 1.29 is 9.47 Å². The number of benzene rings is 2. The van der Waals surface area contributed by atoms with Crippen LogP contribution >= 0.6 is 0 Å². The molecule has 4 nitrogen and oxygen atoms in total. The Bertz CT molecular complexity index is 538. The monoisotopic (exact) mass is 300 g/mol. The minimum absolute atomic E-state index is 0.624. The molecule has 2 rings (SSSR count). The van der Waals surface area contributed by atoms with E-state index in [2.05, 4.69) is 12.2 Å². The van der Waals surface area contributed by atoms with E-state index in [1.807, 2.05) is 48.5 Å². The third kappa shape index (κ3) is 5.66. The third-order valence-electron chi connectivity index (χ3n) is 3.17. The number of nitrogens with one attached hydrogen (secondary N) is 1. The zero-order chi connectivity index (χ0) is 15.6. The summed E-state index contributed by atoms with van der Waals surface area (Å²) in [5, 5.41) is 3.22. The molecule has 2 aromatic carbocycles. The van der Waals surface area contributed by atoms with E-state index >= 15 is 0 Å². The number of ether oxygens (including phenoxy) is 2. The standard InChI is InChI=1S/C18H24N2O2/c1-15-3-7-17(8-4-15)21-13-2-14-22-18-9-5-16(6-10-18)20-12-11-19/h3-10,20H,2,11-14,19H2,1H3. The van der Waals surface area contributed by atoms with Crippen LogP contribution in [-0.4, -0.2) is 26.3 Å². The molecule has 4 heteroatoms. The molecule has 0 saturated carbocycles. The fourth-order valence-corrected chi connectivity index (χ4v) is 1.96. The van der Waals surface area contributed by atoms with Crippen molar-refractivity contribution >= 4 is 5.69 Å². The molecular weight excluding hydrogens is 276 g/mol. The Hall–Kier alpha value is -2.20. The fourth-order valence-electron chi connectivity index (χ4n) is 1.96. The molecule has 118 valence electrons. The van der Waals surface area contributed by atoms with Gasteiger partial charge in [0.2, 0.25) is 0 Å². The average molecular weight is 300 g/mol. The van der Waals surface area contributed by atoms with Crippen molar-refractivity contribution in [3.05, 3.63) is 54.1 Å². The first-order chi connectivity index (χ1) is 10.8. The van der Waals surface area contributed by atoms with E-state index in [1.165, 1.54) is 5.56 Å². The highest BCUT2D eigenvalue weighted by Gasteiger charge is 1.97. The quantitative estimate of drug-likeness (QED) is 0.698. The van der Waals surface area contributed by atoms with Crippen LogP contribution in [0, 0.1) is 6.92 Å². The molecule has 0 aliphatic rings. The number of hydrogen-bond acceptors (Lipinski definition) is 4. The van der Waals surface area contributed by atoms with Gasteiger partial charge in [-0.15, -0.1) is 0 Å². The molecule has 0 aromatic heterocycles. The maximum atomic E-state index is 5.69. The highest BCUT2D eigenvalue weighted by Crippen LogP contribution is 2.16. The van der Waals surface area contributed by atoms with Crippen molar-refractivity contribution in [1.29, 1.82) is 0 Å². The Morgan fingerprint density at radius 3 is 1.95 bits per heavy atom. The Morgan fingerprint density at radius 1 is 0.864 bits per heavy atom. The highest BCUT2D eigenvalue weighted by atomic mass is 16.5. The molecule has 0 amide bonds. The second-order valence-electron chi connectivity index (χ2n) is 5.10. The van der Waals surface area contributed by atoms with Crippen LogP contribution < -0.4 is 20.5 Å². The normalized spacial score (nSPS) is 10.3. The van der Waals surface area contributed by atoms with Gasteiger partial charge in [-0.1, -0.05) is 17.7 Å². The molecule has 22 heavy (non-hydrogen) atoms. The summed E-state index contributed by atoms with van der Waals surface area (Å²) < 4.78 is 11.4. The van der Waals surface area contributed by atoms with Gasteiger partial charge in [0.05, 0.1) is 13.2 Å². The lowest BCUT2D eigenvalue weighted by Gasteiger charge is -2.09. The summed E-state index contributed by atoms with van der Waals surface area (Å²) in [5.41, 5.74) is 7.74. The van der Waals surface area contributed by atoms with Gasteiger partial charge in [-0.05, 0) is 43.3 Å². The molecule has 0 radical (unpaired) electrons. The molecular formula is C18H24N2O2. The van der Waals surface area contributed by atoms with E-state index in [0.717, 1.165) is 30.2 Å². The van der Waals surface area contributed by atoms with Gasteiger partial charge in [0.15, 0.2) is 0 Å². The Morgan fingerprint density at radius 2 is 1.41 bits per heavy atom. The van der Waals surface area contributed by atoms with Crippen LogP contribution in [0.15, 0.2) is 48.5 Å². The number of anilines is 1. The molecule has 3 N–H and O–H groups in total. The van der Waals surface area contributed by atoms with Crippen LogP contribution in [0.5, 0.6) is 11.5 Å². The lowest BCUT2D eigenvalue weighted by molar-refractivity contribution is 0.247. The predicted molar refractivity (Wildman–Crippen MR) is 90.8 cm³/mol. The van der Waals surface area contributed by atoms with Crippen LogP contribution in [0.2, 0.25) is 0 Å². The number of nitrogens with two attached hydrogens (primary N) is 1. The van der Waals surface area contributed by atoms with Gasteiger partial charge in [0.25, 0.3) is 0 Å². The van der Waals surface area contributed by atoms with E-state index in [0.29, 0.717) is 19.8 Å². The zero-order valence-electron chi connectivity index (χ0n) is 13.0. The Kier molecular flexibility index (Phi) is 6.58. The first-order valence-electron chi connectivity index (χ1n) is 7.64. The number of hydrogen-bond donors (Lipinski definition) is 2. The van der Waals surface area contributed by atoms with E-state index < -0.39 is 0 Å². The molecule has 0 fully saturated rings. The summed E-state index contributed by atoms with van der Waals surface area (Å²) in [5.74, 6) is 1.77. The first-order valence-corrected chi connectivity index (χ1v) is 7.64. The molecule has 0 atom stereocenters. The summed E-state index contributed by atoms with van der Waals surface area (Å²) in [6.45, 7) is 4.75. The Labute approximate surface area is 132 Å². The van der Waals surface area contributed by atoms with Gasteiger partial charge in [-0.3, -0.25) is 0 Å². The lowest BCUT2D eigenvalue weighted by Crippen LogP contribution is -2.12. The van der Waals surface area contributed by atoms with E-state index in [9.17, 15) is 0 Å². The number of aryl methyl sites for hydroxylation is 1. The smallest absolute Gasteiger partial charge is 0.119 e. The zero-order valence-corrected chi connectivity index (χ0v) is 13.0. The van der Waals surface area contributed by atoms with Crippen molar-refractivity contribution in [1.82, 2.24) is 0 Å². The van der Waals surface area contributed by atoms with Gasteiger partial charge in [-0.25, -0.2) is 0 Å². The molecule has 0 saturated heterocycles. The van der Waals surface area contributed by atoms with Crippen LogP contribution in [0.3, 0.4) is 0 Å². The minimum atomic E-state index is 0.624. The average Bonchev–Trinajstić information content (AvgIpc) is 2.55. The van der Waals surface area contributed by atoms with Crippen LogP contribution in [0.4, 0.5) is 5.69 Å². The molecule has 0 aliphatic heterocycles. The first kappa shape index (κ1) is 16.2. The maximum Gasteiger partial charge on any atom is 0.119 e.